The van der Waals surface area contributed by atoms with Crippen LogP contribution in [0, 0.1) is 11.8 Å². The van der Waals surface area contributed by atoms with Gasteiger partial charge in [0.1, 0.15) is 0 Å². The smallest absolute Gasteiger partial charge is 0.223 e. The number of piperidine rings is 1. The maximum Gasteiger partial charge on any atom is 0.223 e. The van der Waals surface area contributed by atoms with Crippen molar-refractivity contribution < 1.29 is 9.53 Å². The molecule has 1 N–H and O–H groups in total. The third-order valence-electron chi connectivity index (χ3n) is 3.90. The van der Waals surface area contributed by atoms with Crippen molar-refractivity contribution >= 4 is 5.91 Å². The lowest BCUT2D eigenvalue weighted by atomic mass is 9.85. The molecule has 4 heteroatoms. The van der Waals surface area contributed by atoms with Gasteiger partial charge in [-0.25, -0.2) is 0 Å². The molecule has 19 heavy (non-hydrogen) atoms. The van der Waals surface area contributed by atoms with Gasteiger partial charge in [0.2, 0.25) is 5.91 Å². The predicted molar refractivity (Wildman–Crippen MR) is 78.0 cm³/mol. The quantitative estimate of drug-likeness (QED) is 0.681. The predicted octanol–water partition coefficient (Wildman–Crippen LogP) is 1.67. The monoisotopic (exact) mass is 268 g/mol. The molecule has 110 valence electrons. The summed E-state index contributed by atoms with van der Waals surface area (Å²) in [6.45, 7) is 9.92. The Hall–Kier alpha value is -0.870. The Bertz CT molecular complexity index is 275. The van der Waals surface area contributed by atoms with Crippen LogP contribution >= 0.6 is 0 Å². The van der Waals surface area contributed by atoms with E-state index >= 15 is 0 Å². The Kier molecular flexibility index (Phi) is 7.75. The van der Waals surface area contributed by atoms with Crippen molar-refractivity contribution in [2.45, 2.75) is 26.2 Å². The second-order valence-electron chi connectivity index (χ2n) is 5.41. The fraction of sp³-hybridized carbons (Fsp3) is 0.800. The highest BCUT2D eigenvalue weighted by Crippen LogP contribution is 2.23. The van der Waals surface area contributed by atoms with Crippen LogP contribution in [0.25, 0.3) is 0 Å². The largest absolute Gasteiger partial charge is 0.383 e. The van der Waals surface area contributed by atoms with Gasteiger partial charge < -0.3 is 15.0 Å². The Morgan fingerprint density at radius 2 is 2.42 bits per heavy atom. The van der Waals surface area contributed by atoms with Crippen LogP contribution in [0.15, 0.2) is 12.7 Å². The number of carbonyl (C=O) groups is 1. The summed E-state index contributed by atoms with van der Waals surface area (Å²) in [5.74, 6) is 1.29. The van der Waals surface area contributed by atoms with Crippen molar-refractivity contribution in [1.29, 1.82) is 0 Å². The molecule has 1 aliphatic heterocycles. The van der Waals surface area contributed by atoms with Crippen LogP contribution in [0.4, 0.5) is 0 Å². The number of ether oxygens (including phenoxy) is 1. The minimum Gasteiger partial charge on any atom is -0.383 e. The zero-order valence-corrected chi connectivity index (χ0v) is 12.4. The summed E-state index contributed by atoms with van der Waals surface area (Å²) in [5, 5.41) is 3.42. The fourth-order valence-electron chi connectivity index (χ4n) is 2.61. The first-order chi connectivity index (χ1) is 9.19. The van der Waals surface area contributed by atoms with Crippen molar-refractivity contribution in [1.82, 2.24) is 10.2 Å². The van der Waals surface area contributed by atoms with Crippen LogP contribution in [-0.4, -0.2) is 50.7 Å². The van der Waals surface area contributed by atoms with Gasteiger partial charge in [0.25, 0.3) is 0 Å². The van der Waals surface area contributed by atoms with Gasteiger partial charge in [-0.15, -0.1) is 6.58 Å². The van der Waals surface area contributed by atoms with Crippen molar-refractivity contribution in [2.75, 3.05) is 39.9 Å². The Labute approximate surface area is 117 Å². The minimum atomic E-state index is 0.218. The van der Waals surface area contributed by atoms with Crippen LogP contribution in [-0.2, 0) is 9.53 Å². The normalized spacial score (nSPS) is 20.8. The van der Waals surface area contributed by atoms with Crippen LogP contribution in [0.1, 0.15) is 26.2 Å². The molecule has 1 rings (SSSR count). The van der Waals surface area contributed by atoms with E-state index in [1.54, 1.807) is 13.2 Å². The number of rotatable bonds is 8. The molecule has 1 heterocycles. The first kappa shape index (κ1) is 16.2. The van der Waals surface area contributed by atoms with E-state index in [9.17, 15) is 4.79 Å². The number of hydrogen-bond acceptors (Lipinski definition) is 3. The lowest BCUT2D eigenvalue weighted by Gasteiger charge is -2.30. The first-order valence-corrected chi connectivity index (χ1v) is 7.27. The summed E-state index contributed by atoms with van der Waals surface area (Å²) in [7, 11) is 1.66. The second-order valence-corrected chi connectivity index (χ2v) is 5.41. The van der Waals surface area contributed by atoms with Gasteiger partial charge in [0.05, 0.1) is 6.61 Å². The molecule has 0 saturated carbocycles. The van der Waals surface area contributed by atoms with Crippen LogP contribution in [0.3, 0.4) is 0 Å². The molecule has 2 atom stereocenters. The van der Waals surface area contributed by atoms with Crippen molar-refractivity contribution in [2.24, 2.45) is 11.8 Å². The zero-order valence-electron chi connectivity index (χ0n) is 12.4. The van der Waals surface area contributed by atoms with Crippen LogP contribution < -0.4 is 5.32 Å². The molecular formula is C15H28N2O2. The van der Waals surface area contributed by atoms with Gasteiger partial charge >= 0.3 is 0 Å². The van der Waals surface area contributed by atoms with E-state index in [1.807, 2.05) is 4.90 Å². The van der Waals surface area contributed by atoms with Crippen LogP contribution in [0.5, 0.6) is 0 Å². The van der Waals surface area contributed by atoms with Gasteiger partial charge in [-0.05, 0) is 37.8 Å². The van der Waals surface area contributed by atoms with Gasteiger partial charge in [-0.2, -0.15) is 0 Å². The third-order valence-corrected chi connectivity index (χ3v) is 3.90. The summed E-state index contributed by atoms with van der Waals surface area (Å²) < 4.78 is 5.05. The highest BCUT2D eigenvalue weighted by molar-refractivity contribution is 5.76. The lowest BCUT2D eigenvalue weighted by Crippen LogP contribution is -2.38. The summed E-state index contributed by atoms with van der Waals surface area (Å²) in [6, 6.07) is 0. The Balaban J connectivity index is 2.42. The molecule has 0 radical (unpaired) electrons. The maximum atomic E-state index is 12.3. The van der Waals surface area contributed by atoms with E-state index in [0.717, 1.165) is 13.1 Å². The molecular weight excluding hydrogens is 240 g/mol. The summed E-state index contributed by atoms with van der Waals surface area (Å²) >= 11 is 0. The molecule has 1 fully saturated rings. The first-order valence-electron chi connectivity index (χ1n) is 7.27. The zero-order chi connectivity index (χ0) is 14.1. The van der Waals surface area contributed by atoms with E-state index < -0.39 is 0 Å². The van der Waals surface area contributed by atoms with E-state index in [4.69, 9.17) is 4.74 Å². The molecule has 1 amide bonds. The summed E-state index contributed by atoms with van der Waals surface area (Å²) in [4.78, 5) is 14.1. The molecule has 4 nitrogen and oxygen atoms in total. The van der Waals surface area contributed by atoms with Gasteiger partial charge in [0, 0.05) is 26.6 Å². The van der Waals surface area contributed by atoms with E-state index in [0.29, 0.717) is 38.0 Å². The number of nitrogens with one attached hydrogen (secondary N) is 1. The molecule has 0 spiro atoms. The summed E-state index contributed by atoms with van der Waals surface area (Å²) in [5.41, 5.74) is 0. The Morgan fingerprint density at radius 3 is 3.00 bits per heavy atom. The van der Waals surface area contributed by atoms with E-state index in [2.05, 4.69) is 18.8 Å². The van der Waals surface area contributed by atoms with E-state index in [1.165, 1.54) is 12.8 Å². The van der Waals surface area contributed by atoms with Crippen LogP contribution in [0.2, 0.25) is 0 Å². The van der Waals surface area contributed by atoms with E-state index in [-0.39, 0.29) is 5.91 Å². The average Bonchev–Trinajstić information content (AvgIpc) is 2.44. The average molecular weight is 268 g/mol. The number of carbonyl (C=O) groups excluding carboxylic acids is 1. The molecule has 0 aromatic rings. The number of hydrogen-bond donors (Lipinski definition) is 1. The highest BCUT2D eigenvalue weighted by atomic mass is 16.5. The maximum absolute atomic E-state index is 12.3. The van der Waals surface area contributed by atoms with Crippen molar-refractivity contribution in [3.63, 3.8) is 0 Å². The molecule has 0 aromatic heterocycles. The molecule has 1 saturated heterocycles. The van der Waals surface area contributed by atoms with Gasteiger partial charge in [-0.1, -0.05) is 13.0 Å². The number of amides is 1. The molecule has 0 aromatic carbocycles. The van der Waals surface area contributed by atoms with Gasteiger partial charge in [-0.3, -0.25) is 4.79 Å². The second kappa shape index (κ2) is 9.10. The molecule has 2 unspecified atom stereocenters. The topological polar surface area (TPSA) is 41.6 Å². The number of nitrogens with zero attached hydrogens (tertiary/aromatic N) is 1. The summed E-state index contributed by atoms with van der Waals surface area (Å²) in [6.07, 6.45) is 4.87. The molecule has 0 aliphatic carbocycles. The molecule has 1 aliphatic rings. The van der Waals surface area contributed by atoms with Crippen molar-refractivity contribution in [3.8, 4) is 0 Å². The standard InChI is InChI=1S/C15H28N2O2/c1-4-8-17(9-10-19-3)15(18)11-13(2)14-6-5-7-16-12-14/h4,13-14,16H,1,5-12H2,2-3H3. The Morgan fingerprint density at radius 1 is 1.63 bits per heavy atom. The fourth-order valence-corrected chi connectivity index (χ4v) is 2.61. The molecule has 0 bridgehead atoms. The SMILES string of the molecule is C=CCN(CCOC)C(=O)CC(C)C1CCCNC1. The van der Waals surface area contributed by atoms with Crippen molar-refractivity contribution in [3.05, 3.63) is 12.7 Å². The number of methoxy groups -OCH3 is 1. The lowest BCUT2D eigenvalue weighted by molar-refractivity contribution is -0.132. The minimum absolute atomic E-state index is 0.218. The third kappa shape index (κ3) is 5.74. The van der Waals surface area contributed by atoms with Gasteiger partial charge in [0.15, 0.2) is 0 Å². The highest BCUT2D eigenvalue weighted by Gasteiger charge is 2.23.